The number of aromatic nitrogens is 1. The molecule has 19 heavy (non-hydrogen) atoms. The normalized spacial score (nSPS) is 12.2. The number of halogens is 1. The smallest absolute Gasteiger partial charge is 0.227 e. The van der Waals surface area contributed by atoms with Gasteiger partial charge in [-0.3, -0.25) is 9.36 Å². The summed E-state index contributed by atoms with van der Waals surface area (Å²) in [7, 11) is 0. The number of nitrogens with zero attached hydrogens (tertiary/aromatic N) is 1. The fraction of sp³-hybridized carbons (Fsp3) is 0.400. The summed E-state index contributed by atoms with van der Waals surface area (Å²) in [6.45, 7) is 3.74. The molecule has 0 unspecified atom stereocenters. The third-order valence-electron chi connectivity index (χ3n) is 3.35. The van der Waals surface area contributed by atoms with Gasteiger partial charge in [-0.05, 0) is 18.1 Å². The molecule has 104 valence electrons. The van der Waals surface area contributed by atoms with E-state index >= 15 is 0 Å². The lowest BCUT2D eigenvalue weighted by Gasteiger charge is -2.09. The van der Waals surface area contributed by atoms with Crippen LogP contribution in [0.5, 0.6) is 0 Å². The molecule has 0 radical (unpaired) electrons. The monoisotopic (exact) mass is 280 g/mol. The van der Waals surface area contributed by atoms with Crippen molar-refractivity contribution in [2.75, 3.05) is 0 Å². The van der Waals surface area contributed by atoms with Crippen molar-refractivity contribution < 1.29 is 4.79 Å². The predicted octanol–water partition coefficient (Wildman–Crippen LogP) is 3.91. The van der Waals surface area contributed by atoms with Gasteiger partial charge < -0.3 is 5.73 Å². The Morgan fingerprint density at radius 1 is 1.37 bits per heavy atom. The summed E-state index contributed by atoms with van der Waals surface area (Å²) in [5, 5.41) is 1.09. The molecular weight excluding hydrogens is 260 g/mol. The summed E-state index contributed by atoms with van der Waals surface area (Å²) in [6.07, 6.45) is 5.11. The van der Waals surface area contributed by atoms with E-state index in [2.05, 4.69) is 6.92 Å². The van der Waals surface area contributed by atoms with Crippen molar-refractivity contribution in [2.45, 2.75) is 39.2 Å². The van der Waals surface area contributed by atoms with Gasteiger partial charge in [0.2, 0.25) is 5.91 Å². The number of benzene rings is 1. The number of para-hydroxylation sites is 1. The van der Waals surface area contributed by atoms with E-state index in [0.717, 1.165) is 35.7 Å². The number of nitrogens with two attached hydrogens (primary N) is 1. The first-order valence-corrected chi connectivity index (χ1v) is 6.51. The molecule has 0 spiro atoms. The number of carbonyl (C=O) groups excluding carboxylic acids is 1. The topological polar surface area (TPSA) is 48.0 Å². The number of carbonyl (C=O) groups is 1. The van der Waals surface area contributed by atoms with Crippen LogP contribution in [0.4, 0.5) is 0 Å². The van der Waals surface area contributed by atoms with Crippen molar-refractivity contribution >= 4 is 29.2 Å². The van der Waals surface area contributed by atoms with Gasteiger partial charge >= 0.3 is 0 Å². The molecule has 0 fully saturated rings. The van der Waals surface area contributed by atoms with Gasteiger partial charge in [0.1, 0.15) is 0 Å². The average Bonchev–Trinajstić information content (AvgIpc) is 2.75. The zero-order valence-electron chi connectivity index (χ0n) is 11.4. The lowest BCUT2D eigenvalue weighted by atomic mass is 10.0. The van der Waals surface area contributed by atoms with E-state index in [-0.39, 0.29) is 24.4 Å². The van der Waals surface area contributed by atoms with Crippen LogP contribution in [0.1, 0.15) is 49.5 Å². The maximum Gasteiger partial charge on any atom is 0.227 e. The molecule has 4 heteroatoms. The Morgan fingerprint density at radius 2 is 2.05 bits per heavy atom. The molecule has 0 amide bonds. The van der Waals surface area contributed by atoms with Crippen molar-refractivity contribution in [3.05, 3.63) is 36.0 Å². The Labute approximate surface area is 120 Å². The lowest BCUT2D eigenvalue weighted by molar-refractivity contribution is 0.0941. The third-order valence-corrected chi connectivity index (χ3v) is 3.35. The Kier molecular flexibility index (Phi) is 5.58. The summed E-state index contributed by atoms with van der Waals surface area (Å²) >= 11 is 0. The molecule has 1 atom stereocenters. The lowest BCUT2D eigenvalue weighted by Crippen LogP contribution is -2.10. The standard InChI is InChI=1S/C15H20N2O.ClH/c1-3-4-8-14(16)13-10-17(11(2)18)15-9-6-5-7-12(13)15;/h5-7,9-10,14H,3-4,8,16H2,1-2H3;1H/t14-;/m1./s1. The van der Waals surface area contributed by atoms with E-state index in [1.54, 1.807) is 11.5 Å². The largest absolute Gasteiger partial charge is 0.324 e. The molecular formula is C15H21ClN2O. The maximum absolute atomic E-state index is 11.6. The first-order chi connectivity index (χ1) is 8.65. The van der Waals surface area contributed by atoms with Crippen molar-refractivity contribution in [1.82, 2.24) is 4.57 Å². The van der Waals surface area contributed by atoms with Crippen LogP contribution in [0.25, 0.3) is 10.9 Å². The van der Waals surface area contributed by atoms with Gasteiger partial charge in [0, 0.05) is 24.5 Å². The highest BCUT2D eigenvalue weighted by Gasteiger charge is 2.15. The molecule has 1 heterocycles. The highest BCUT2D eigenvalue weighted by Crippen LogP contribution is 2.27. The van der Waals surface area contributed by atoms with Gasteiger partial charge in [0.15, 0.2) is 0 Å². The molecule has 2 aromatic rings. The summed E-state index contributed by atoms with van der Waals surface area (Å²) in [6, 6.07) is 7.95. The predicted molar refractivity (Wildman–Crippen MR) is 81.9 cm³/mol. The summed E-state index contributed by atoms with van der Waals surface area (Å²) < 4.78 is 1.69. The third kappa shape index (κ3) is 3.17. The van der Waals surface area contributed by atoms with Crippen LogP contribution in [-0.4, -0.2) is 10.5 Å². The van der Waals surface area contributed by atoms with Crippen LogP contribution >= 0.6 is 12.4 Å². The van der Waals surface area contributed by atoms with Crippen LogP contribution in [-0.2, 0) is 0 Å². The minimum absolute atomic E-state index is 0. The second-order valence-electron chi connectivity index (χ2n) is 4.74. The quantitative estimate of drug-likeness (QED) is 0.923. The minimum Gasteiger partial charge on any atom is -0.324 e. The van der Waals surface area contributed by atoms with Gasteiger partial charge in [0.05, 0.1) is 5.52 Å². The fourth-order valence-corrected chi connectivity index (χ4v) is 2.34. The molecule has 0 aliphatic rings. The van der Waals surface area contributed by atoms with E-state index in [4.69, 9.17) is 5.73 Å². The van der Waals surface area contributed by atoms with Crippen molar-refractivity contribution in [3.63, 3.8) is 0 Å². The van der Waals surface area contributed by atoms with E-state index in [0.29, 0.717) is 0 Å². The van der Waals surface area contributed by atoms with E-state index in [9.17, 15) is 4.79 Å². The average molecular weight is 281 g/mol. The summed E-state index contributed by atoms with van der Waals surface area (Å²) in [5.41, 5.74) is 8.26. The first-order valence-electron chi connectivity index (χ1n) is 6.51. The van der Waals surface area contributed by atoms with E-state index in [1.165, 1.54) is 0 Å². The second kappa shape index (κ2) is 6.73. The molecule has 3 nitrogen and oxygen atoms in total. The molecule has 2 rings (SSSR count). The van der Waals surface area contributed by atoms with E-state index < -0.39 is 0 Å². The molecule has 0 aliphatic carbocycles. The molecule has 0 aliphatic heterocycles. The van der Waals surface area contributed by atoms with Crippen LogP contribution < -0.4 is 5.73 Å². The number of hydrogen-bond acceptors (Lipinski definition) is 2. The number of rotatable bonds is 4. The van der Waals surface area contributed by atoms with Crippen LogP contribution in [0, 0.1) is 0 Å². The van der Waals surface area contributed by atoms with Gasteiger partial charge in [0.25, 0.3) is 0 Å². The Morgan fingerprint density at radius 3 is 2.68 bits per heavy atom. The number of unbranched alkanes of at least 4 members (excludes halogenated alkanes) is 1. The van der Waals surface area contributed by atoms with Crippen molar-refractivity contribution in [3.8, 4) is 0 Å². The Bertz CT molecular complexity index is 562. The molecule has 0 saturated heterocycles. The van der Waals surface area contributed by atoms with Crippen LogP contribution in [0.2, 0.25) is 0 Å². The van der Waals surface area contributed by atoms with Crippen molar-refractivity contribution in [1.29, 1.82) is 0 Å². The Hall–Kier alpha value is -1.32. The van der Waals surface area contributed by atoms with Gasteiger partial charge in [-0.1, -0.05) is 38.0 Å². The van der Waals surface area contributed by atoms with Gasteiger partial charge in [-0.25, -0.2) is 0 Å². The number of fused-ring (bicyclic) bond motifs is 1. The minimum atomic E-state index is 0. The fourth-order valence-electron chi connectivity index (χ4n) is 2.34. The highest BCUT2D eigenvalue weighted by atomic mass is 35.5. The van der Waals surface area contributed by atoms with Crippen LogP contribution in [0.15, 0.2) is 30.5 Å². The van der Waals surface area contributed by atoms with E-state index in [1.807, 2.05) is 30.5 Å². The zero-order valence-corrected chi connectivity index (χ0v) is 12.2. The molecule has 2 N–H and O–H groups in total. The van der Waals surface area contributed by atoms with Gasteiger partial charge in [-0.15, -0.1) is 12.4 Å². The number of hydrogen-bond donors (Lipinski definition) is 1. The maximum atomic E-state index is 11.6. The van der Waals surface area contributed by atoms with Crippen molar-refractivity contribution in [2.24, 2.45) is 5.73 Å². The SMILES string of the molecule is CCCC[C@@H](N)c1cn(C(C)=O)c2ccccc12.Cl. The second-order valence-corrected chi connectivity index (χ2v) is 4.74. The highest BCUT2D eigenvalue weighted by molar-refractivity contribution is 5.93. The first kappa shape index (κ1) is 15.7. The summed E-state index contributed by atoms with van der Waals surface area (Å²) in [5.74, 6) is 0.0279. The van der Waals surface area contributed by atoms with Gasteiger partial charge in [-0.2, -0.15) is 0 Å². The summed E-state index contributed by atoms with van der Waals surface area (Å²) in [4.78, 5) is 11.6. The Balaban J connectivity index is 0.00000180. The molecule has 1 aromatic heterocycles. The molecule has 1 aromatic carbocycles. The molecule has 0 bridgehead atoms. The molecule has 0 saturated carbocycles. The zero-order chi connectivity index (χ0) is 13.1. The van der Waals surface area contributed by atoms with Crippen LogP contribution in [0.3, 0.4) is 0 Å².